The standard InChI is InChI=1S/C10H10N2/c1-12-9(7-11)6-8-4-2-3-5-10(8)12/h2-7,11H,1H3. The molecule has 0 radical (unpaired) electrons. The first kappa shape index (κ1) is 7.10. The first-order chi connectivity index (χ1) is 5.83. The van der Waals surface area contributed by atoms with Crippen LogP contribution in [-0.2, 0) is 7.05 Å². The van der Waals surface area contributed by atoms with E-state index in [2.05, 4.69) is 12.1 Å². The van der Waals surface area contributed by atoms with Crippen LogP contribution in [0, 0.1) is 5.41 Å². The van der Waals surface area contributed by atoms with E-state index in [0.29, 0.717) is 0 Å². The van der Waals surface area contributed by atoms with E-state index in [1.54, 1.807) is 0 Å². The Morgan fingerprint density at radius 1 is 1.33 bits per heavy atom. The van der Waals surface area contributed by atoms with E-state index >= 15 is 0 Å². The van der Waals surface area contributed by atoms with Gasteiger partial charge in [0.25, 0.3) is 0 Å². The van der Waals surface area contributed by atoms with E-state index in [4.69, 9.17) is 5.41 Å². The molecule has 2 rings (SSSR count). The average Bonchev–Trinajstić information content (AvgIpc) is 2.44. The second-order valence-electron chi connectivity index (χ2n) is 2.83. The maximum atomic E-state index is 7.17. The summed E-state index contributed by atoms with van der Waals surface area (Å²) in [6.07, 6.45) is 1.38. The van der Waals surface area contributed by atoms with Crippen molar-refractivity contribution < 1.29 is 0 Å². The van der Waals surface area contributed by atoms with Crippen molar-refractivity contribution in [3.8, 4) is 0 Å². The molecular formula is C10H10N2. The highest BCUT2D eigenvalue weighted by Gasteiger charge is 2.00. The fourth-order valence-electron chi connectivity index (χ4n) is 1.45. The molecule has 1 aromatic heterocycles. The molecule has 0 bridgehead atoms. The summed E-state index contributed by atoms with van der Waals surface area (Å²) in [6, 6.07) is 10.2. The molecule has 0 spiro atoms. The van der Waals surface area contributed by atoms with Crippen LogP contribution in [0.1, 0.15) is 5.69 Å². The number of hydrogen-bond acceptors (Lipinski definition) is 1. The van der Waals surface area contributed by atoms with Crippen molar-refractivity contribution in [3.63, 3.8) is 0 Å². The van der Waals surface area contributed by atoms with Gasteiger partial charge in [-0.2, -0.15) is 0 Å². The highest BCUT2D eigenvalue weighted by molar-refractivity contribution is 5.89. The third-order valence-electron chi connectivity index (χ3n) is 2.14. The lowest BCUT2D eigenvalue weighted by atomic mass is 10.2. The average molecular weight is 158 g/mol. The number of para-hydroxylation sites is 1. The predicted octanol–water partition coefficient (Wildman–Crippen LogP) is 2.18. The van der Waals surface area contributed by atoms with E-state index in [-0.39, 0.29) is 0 Å². The fraction of sp³-hybridized carbons (Fsp3) is 0.100. The van der Waals surface area contributed by atoms with Crippen LogP contribution in [0.2, 0.25) is 0 Å². The zero-order valence-electron chi connectivity index (χ0n) is 6.91. The van der Waals surface area contributed by atoms with Crippen LogP contribution >= 0.6 is 0 Å². The molecule has 0 aliphatic carbocycles. The second kappa shape index (κ2) is 2.48. The molecule has 60 valence electrons. The lowest BCUT2D eigenvalue weighted by molar-refractivity contribution is 0.957. The van der Waals surface area contributed by atoms with Gasteiger partial charge in [0.05, 0.1) is 5.69 Å². The largest absolute Gasteiger partial charge is 0.343 e. The van der Waals surface area contributed by atoms with Gasteiger partial charge in [0.2, 0.25) is 0 Å². The van der Waals surface area contributed by atoms with Gasteiger partial charge >= 0.3 is 0 Å². The van der Waals surface area contributed by atoms with E-state index in [1.165, 1.54) is 17.1 Å². The molecule has 2 nitrogen and oxygen atoms in total. The zero-order valence-corrected chi connectivity index (χ0v) is 6.91. The summed E-state index contributed by atoms with van der Waals surface area (Å²) in [5, 5.41) is 8.36. The van der Waals surface area contributed by atoms with Gasteiger partial charge in [-0.3, -0.25) is 0 Å². The number of nitrogens with zero attached hydrogens (tertiary/aromatic N) is 1. The molecule has 0 aliphatic heterocycles. The first-order valence-electron chi connectivity index (χ1n) is 3.88. The number of nitrogens with one attached hydrogen (secondary N) is 1. The van der Waals surface area contributed by atoms with Crippen LogP contribution in [0.4, 0.5) is 0 Å². The minimum Gasteiger partial charge on any atom is -0.343 e. The second-order valence-corrected chi connectivity index (χ2v) is 2.83. The third-order valence-corrected chi connectivity index (χ3v) is 2.14. The Labute approximate surface area is 70.9 Å². The van der Waals surface area contributed by atoms with Gasteiger partial charge < -0.3 is 9.98 Å². The summed E-state index contributed by atoms with van der Waals surface area (Å²) in [5.74, 6) is 0. The van der Waals surface area contributed by atoms with Gasteiger partial charge in [-0.1, -0.05) is 18.2 Å². The monoisotopic (exact) mass is 158 g/mol. The van der Waals surface area contributed by atoms with E-state index in [0.717, 1.165) is 5.69 Å². The summed E-state index contributed by atoms with van der Waals surface area (Å²) in [4.78, 5) is 0. The smallest absolute Gasteiger partial charge is 0.0593 e. The number of fused-ring (bicyclic) bond motifs is 1. The molecule has 1 aromatic carbocycles. The van der Waals surface area contributed by atoms with Crippen LogP contribution in [-0.4, -0.2) is 10.8 Å². The highest BCUT2D eigenvalue weighted by Crippen LogP contribution is 2.16. The Balaban J connectivity index is 2.87. The zero-order chi connectivity index (χ0) is 8.55. The topological polar surface area (TPSA) is 28.8 Å². The lowest BCUT2D eigenvalue weighted by Crippen LogP contribution is -1.92. The summed E-state index contributed by atoms with van der Waals surface area (Å²) in [7, 11) is 1.97. The van der Waals surface area contributed by atoms with Crippen molar-refractivity contribution in [1.29, 1.82) is 5.41 Å². The van der Waals surface area contributed by atoms with Crippen molar-refractivity contribution >= 4 is 17.1 Å². The number of rotatable bonds is 1. The molecule has 0 amide bonds. The molecule has 0 unspecified atom stereocenters. The molecule has 1 N–H and O–H groups in total. The van der Waals surface area contributed by atoms with E-state index < -0.39 is 0 Å². The van der Waals surface area contributed by atoms with Gasteiger partial charge in [0.15, 0.2) is 0 Å². The molecule has 2 heteroatoms. The Bertz CT molecular complexity index is 426. The molecule has 0 saturated carbocycles. The van der Waals surface area contributed by atoms with Crippen LogP contribution in [0.5, 0.6) is 0 Å². The molecule has 2 aromatic rings. The van der Waals surface area contributed by atoms with Crippen molar-refractivity contribution in [2.24, 2.45) is 7.05 Å². The summed E-state index contributed by atoms with van der Waals surface area (Å²) >= 11 is 0. The molecule has 0 saturated heterocycles. The van der Waals surface area contributed by atoms with Crippen molar-refractivity contribution in [3.05, 3.63) is 36.0 Å². The number of benzene rings is 1. The van der Waals surface area contributed by atoms with Crippen molar-refractivity contribution in [2.75, 3.05) is 0 Å². The number of aryl methyl sites for hydroxylation is 1. The first-order valence-corrected chi connectivity index (χ1v) is 3.88. The molecule has 0 aliphatic rings. The normalized spacial score (nSPS) is 10.4. The SMILES string of the molecule is Cn1c(C=N)cc2ccccc21. The van der Waals surface area contributed by atoms with Crippen LogP contribution in [0.15, 0.2) is 30.3 Å². The molecular weight excluding hydrogens is 148 g/mol. The summed E-state index contributed by atoms with van der Waals surface area (Å²) < 4.78 is 2.02. The van der Waals surface area contributed by atoms with Crippen LogP contribution in [0.25, 0.3) is 10.9 Å². The van der Waals surface area contributed by atoms with Crippen molar-refractivity contribution in [2.45, 2.75) is 0 Å². The van der Waals surface area contributed by atoms with Gasteiger partial charge in [0, 0.05) is 24.2 Å². The highest BCUT2D eigenvalue weighted by atomic mass is 14.9. The van der Waals surface area contributed by atoms with E-state index in [1.807, 2.05) is 29.8 Å². The lowest BCUT2D eigenvalue weighted by Gasteiger charge is -1.96. The Kier molecular flexibility index (Phi) is 1.47. The quantitative estimate of drug-likeness (QED) is 0.616. The van der Waals surface area contributed by atoms with Gasteiger partial charge in [0.1, 0.15) is 0 Å². The number of hydrogen-bond donors (Lipinski definition) is 1. The van der Waals surface area contributed by atoms with Crippen LogP contribution < -0.4 is 0 Å². The number of aromatic nitrogens is 1. The molecule has 12 heavy (non-hydrogen) atoms. The van der Waals surface area contributed by atoms with Crippen molar-refractivity contribution in [1.82, 2.24) is 4.57 Å². The van der Waals surface area contributed by atoms with Gasteiger partial charge in [-0.05, 0) is 12.1 Å². The molecule has 0 fully saturated rings. The minimum atomic E-state index is 0.941. The Morgan fingerprint density at radius 3 is 2.75 bits per heavy atom. The van der Waals surface area contributed by atoms with Gasteiger partial charge in [-0.15, -0.1) is 0 Å². The van der Waals surface area contributed by atoms with Gasteiger partial charge in [-0.25, -0.2) is 0 Å². The summed E-state index contributed by atoms with van der Waals surface area (Å²) in [5.41, 5.74) is 2.12. The maximum absolute atomic E-state index is 7.17. The maximum Gasteiger partial charge on any atom is 0.0593 e. The minimum absolute atomic E-state index is 0.941. The Morgan fingerprint density at radius 2 is 2.08 bits per heavy atom. The fourth-order valence-corrected chi connectivity index (χ4v) is 1.45. The summed E-state index contributed by atoms with van der Waals surface area (Å²) in [6.45, 7) is 0. The molecule has 0 atom stereocenters. The molecule has 1 heterocycles. The predicted molar refractivity (Wildman–Crippen MR) is 50.8 cm³/mol. The van der Waals surface area contributed by atoms with Crippen LogP contribution in [0.3, 0.4) is 0 Å². The third kappa shape index (κ3) is 0.848. The Hall–Kier alpha value is -1.57. The van der Waals surface area contributed by atoms with E-state index in [9.17, 15) is 0 Å².